The monoisotopic (exact) mass is 394 g/mol. The molecule has 0 radical (unpaired) electrons. The summed E-state index contributed by atoms with van der Waals surface area (Å²) in [6.07, 6.45) is 6.51. The van der Waals surface area contributed by atoms with Crippen LogP contribution in [-0.2, 0) is 11.1 Å². The Balaban J connectivity index is 1.63. The molecule has 0 amide bonds. The van der Waals surface area contributed by atoms with Crippen LogP contribution in [0.4, 0.5) is 0 Å². The van der Waals surface area contributed by atoms with Gasteiger partial charge in [-0.1, -0.05) is 23.7 Å². The van der Waals surface area contributed by atoms with E-state index in [1.165, 1.54) is 0 Å². The third-order valence-electron chi connectivity index (χ3n) is 5.91. The standard InChI is InChI=1S/C22H23ClN4O/c1-21(9-11-22(24,12-10-21)17-3-2-4-18(23)15-17)27-20(28)6-5-19(26-27)16-7-13-25-14-8-16/h2-8,13-15H,9-12,24H2,1H3. The highest BCUT2D eigenvalue weighted by Gasteiger charge is 2.41. The Labute approximate surface area is 169 Å². The van der Waals surface area contributed by atoms with Crippen LogP contribution in [0.2, 0.25) is 5.02 Å². The Morgan fingerprint density at radius 3 is 2.43 bits per heavy atom. The maximum Gasteiger partial charge on any atom is 0.267 e. The molecule has 1 aliphatic carbocycles. The zero-order valence-electron chi connectivity index (χ0n) is 15.8. The number of rotatable bonds is 3. The second-order valence-electron chi connectivity index (χ2n) is 7.87. The summed E-state index contributed by atoms with van der Waals surface area (Å²) < 4.78 is 1.64. The Kier molecular flexibility index (Phi) is 4.81. The molecule has 1 saturated carbocycles. The molecule has 144 valence electrons. The van der Waals surface area contributed by atoms with Crippen molar-refractivity contribution in [2.24, 2.45) is 5.73 Å². The van der Waals surface area contributed by atoms with Crippen molar-refractivity contribution in [3.63, 3.8) is 0 Å². The van der Waals surface area contributed by atoms with Gasteiger partial charge in [-0.3, -0.25) is 9.78 Å². The van der Waals surface area contributed by atoms with Crippen molar-refractivity contribution in [2.75, 3.05) is 0 Å². The lowest BCUT2D eigenvalue weighted by molar-refractivity contribution is 0.133. The van der Waals surface area contributed by atoms with Gasteiger partial charge in [0, 0.05) is 34.6 Å². The first-order valence-corrected chi connectivity index (χ1v) is 9.84. The van der Waals surface area contributed by atoms with Gasteiger partial charge in [-0.15, -0.1) is 0 Å². The van der Waals surface area contributed by atoms with E-state index >= 15 is 0 Å². The zero-order valence-corrected chi connectivity index (χ0v) is 16.6. The van der Waals surface area contributed by atoms with Crippen LogP contribution >= 0.6 is 11.6 Å². The van der Waals surface area contributed by atoms with E-state index < -0.39 is 5.54 Å². The van der Waals surface area contributed by atoms with Gasteiger partial charge >= 0.3 is 0 Å². The van der Waals surface area contributed by atoms with Gasteiger partial charge in [0.1, 0.15) is 0 Å². The van der Waals surface area contributed by atoms with Crippen LogP contribution in [0.25, 0.3) is 11.3 Å². The summed E-state index contributed by atoms with van der Waals surface area (Å²) in [6.45, 7) is 2.09. The molecular formula is C22H23ClN4O. The van der Waals surface area contributed by atoms with E-state index in [0.29, 0.717) is 5.02 Å². The number of aromatic nitrogens is 3. The van der Waals surface area contributed by atoms with Crippen LogP contribution < -0.4 is 11.3 Å². The lowest BCUT2D eigenvalue weighted by Gasteiger charge is -2.43. The first kappa shape index (κ1) is 18.8. The second-order valence-corrected chi connectivity index (χ2v) is 8.30. The highest BCUT2D eigenvalue weighted by molar-refractivity contribution is 6.30. The molecule has 0 bridgehead atoms. The fourth-order valence-electron chi connectivity index (χ4n) is 4.01. The van der Waals surface area contributed by atoms with Gasteiger partial charge in [-0.05, 0) is 68.5 Å². The molecule has 1 aliphatic rings. The number of nitrogens with two attached hydrogens (primary N) is 1. The highest BCUT2D eigenvalue weighted by Crippen LogP contribution is 2.42. The zero-order chi connectivity index (χ0) is 19.8. The first-order valence-electron chi connectivity index (χ1n) is 9.46. The molecule has 0 atom stereocenters. The first-order chi connectivity index (χ1) is 13.4. The van der Waals surface area contributed by atoms with Crippen LogP contribution in [0.3, 0.4) is 0 Å². The van der Waals surface area contributed by atoms with Crippen molar-refractivity contribution < 1.29 is 0 Å². The van der Waals surface area contributed by atoms with E-state index in [0.717, 1.165) is 42.5 Å². The highest BCUT2D eigenvalue weighted by atomic mass is 35.5. The normalized spacial score (nSPS) is 24.8. The Hall–Kier alpha value is -2.50. The maximum absolute atomic E-state index is 12.6. The second kappa shape index (κ2) is 7.15. The minimum absolute atomic E-state index is 0.0902. The fraction of sp³-hybridized carbons (Fsp3) is 0.318. The van der Waals surface area contributed by atoms with Crippen LogP contribution in [-0.4, -0.2) is 14.8 Å². The van der Waals surface area contributed by atoms with E-state index in [1.54, 1.807) is 29.2 Å². The minimum atomic E-state index is -0.434. The van der Waals surface area contributed by atoms with Gasteiger partial charge in [0.25, 0.3) is 5.56 Å². The molecule has 0 spiro atoms. The summed E-state index contributed by atoms with van der Waals surface area (Å²) in [5, 5.41) is 5.38. The van der Waals surface area contributed by atoms with E-state index in [-0.39, 0.29) is 11.1 Å². The quantitative estimate of drug-likeness (QED) is 0.725. The predicted molar refractivity (Wildman–Crippen MR) is 111 cm³/mol. The summed E-state index contributed by atoms with van der Waals surface area (Å²) in [6, 6.07) is 14.9. The molecule has 2 heterocycles. The molecule has 0 unspecified atom stereocenters. The van der Waals surface area contributed by atoms with Crippen molar-refractivity contribution in [1.29, 1.82) is 0 Å². The van der Waals surface area contributed by atoms with Gasteiger partial charge in [-0.25, -0.2) is 4.68 Å². The minimum Gasteiger partial charge on any atom is -0.321 e. The van der Waals surface area contributed by atoms with Crippen molar-refractivity contribution >= 4 is 11.6 Å². The third kappa shape index (κ3) is 3.48. The van der Waals surface area contributed by atoms with E-state index in [1.807, 2.05) is 36.4 Å². The van der Waals surface area contributed by atoms with Crippen molar-refractivity contribution in [3.05, 3.63) is 81.9 Å². The molecule has 28 heavy (non-hydrogen) atoms. The maximum atomic E-state index is 12.6. The molecule has 1 aromatic carbocycles. The lowest BCUT2D eigenvalue weighted by Crippen LogP contribution is -2.49. The molecule has 6 heteroatoms. The van der Waals surface area contributed by atoms with Crippen molar-refractivity contribution in [3.8, 4) is 11.3 Å². The lowest BCUT2D eigenvalue weighted by atomic mass is 9.70. The molecule has 0 aliphatic heterocycles. The molecule has 2 N–H and O–H groups in total. The van der Waals surface area contributed by atoms with Crippen LogP contribution in [0, 0.1) is 0 Å². The van der Waals surface area contributed by atoms with Gasteiger partial charge in [0.2, 0.25) is 0 Å². The van der Waals surface area contributed by atoms with E-state index in [2.05, 4.69) is 17.0 Å². The molecule has 0 saturated heterocycles. The van der Waals surface area contributed by atoms with Gasteiger partial charge < -0.3 is 5.73 Å². The third-order valence-corrected chi connectivity index (χ3v) is 6.14. The largest absolute Gasteiger partial charge is 0.321 e. The SMILES string of the molecule is CC1(n2nc(-c3ccncc3)ccc2=O)CCC(N)(c2cccc(Cl)c2)CC1. The molecular weight excluding hydrogens is 372 g/mol. The number of nitrogens with zero attached hydrogens (tertiary/aromatic N) is 3. The summed E-state index contributed by atoms with van der Waals surface area (Å²) >= 11 is 6.16. The summed E-state index contributed by atoms with van der Waals surface area (Å²) in [5.74, 6) is 0. The Bertz CT molecular complexity index is 1040. The number of halogens is 1. The molecule has 2 aromatic heterocycles. The fourth-order valence-corrected chi connectivity index (χ4v) is 4.20. The predicted octanol–water partition coefficient (Wildman–Crippen LogP) is 4.10. The van der Waals surface area contributed by atoms with Crippen molar-refractivity contribution in [2.45, 2.75) is 43.7 Å². The Morgan fingerprint density at radius 1 is 1.04 bits per heavy atom. The number of pyridine rings is 1. The van der Waals surface area contributed by atoms with Crippen LogP contribution in [0.5, 0.6) is 0 Å². The molecule has 3 aromatic rings. The average molecular weight is 395 g/mol. The molecule has 5 nitrogen and oxygen atoms in total. The summed E-state index contributed by atoms with van der Waals surface area (Å²) in [7, 11) is 0. The average Bonchev–Trinajstić information content (AvgIpc) is 2.71. The van der Waals surface area contributed by atoms with Crippen LogP contribution in [0.1, 0.15) is 38.2 Å². The van der Waals surface area contributed by atoms with Gasteiger partial charge in [0.05, 0.1) is 11.2 Å². The summed E-state index contributed by atoms with van der Waals surface area (Å²) in [4.78, 5) is 16.7. The van der Waals surface area contributed by atoms with E-state index in [4.69, 9.17) is 17.3 Å². The summed E-state index contributed by atoms with van der Waals surface area (Å²) in [5.41, 5.74) is 8.59. The van der Waals surface area contributed by atoms with Crippen LogP contribution in [0.15, 0.2) is 65.7 Å². The topological polar surface area (TPSA) is 73.8 Å². The van der Waals surface area contributed by atoms with Gasteiger partial charge in [0.15, 0.2) is 0 Å². The Morgan fingerprint density at radius 2 is 1.75 bits per heavy atom. The number of hydrogen-bond donors (Lipinski definition) is 1. The molecule has 1 fully saturated rings. The number of hydrogen-bond acceptors (Lipinski definition) is 4. The van der Waals surface area contributed by atoms with Gasteiger partial charge in [-0.2, -0.15) is 5.10 Å². The molecule has 4 rings (SSSR count). The number of benzene rings is 1. The van der Waals surface area contributed by atoms with E-state index in [9.17, 15) is 4.79 Å². The smallest absolute Gasteiger partial charge is 0.267 e. The van der Waals surface area contributed by atoms with Crippen molar-refractivity contribution in [1.82, 2.24) is 14.8 Å².